The van der Waals surface area contributed by atoms with Crippen molar-refractivity contribution in [3.63, 3.8) is 0 Å². The van der Waals surface area contributed by atoms with Crippen LogP contribution in [-0.4, -0.2) is 32.8 Å². The second-order valence-electron chi connectivity index (χ2n) is 6.97. The van der Waals surface area contributed by atoms with Crippen LogP contribution in [-0.2, 0) is 0 Å². The first kappa shape index (κ1) is 15.1. The standard InChI is InChI=1S/C19H21N5S/c1-2-4-14(5-3-1)17-12-25-19(21-17)23-10-8-15(9-11-23)18-22-20-13-24(18)16-6-7-16/h1-5,12-13,15-16H,6-11H2. The number of hydrogen-bond acceptors (Lipinski definition) is 5. The van der Waals surface area contributed by atoms with Crippen molar-refractivity contribution in [3.8, 4) is 11.3 Å². The van der Waals surface area contributed by atoms with Gasteiger partial charge in [0.15, 0.2) is 5.13 Å². The normalized spacial score (nSPS) is 18.6. The molecule has 0 N–H and O–H groups in total. The topological polar surface area (TPSA) is 46.8 Å². The minimum Gasteiger partial charge on any atom is -0.348 e. The zero-order chi connectivity index (χ0) is 16.6. The van der Waals surface area contributed by atoms with Gasteiger partial charge in [-0.1, -0.05) is 30.3 Å². The van der Waals surface area contributed by atoms with E-state index in [0.29, 0.717) is 12.0 Å². The summed E-state index contributed by atoms with van der Waals surface area (Å²) < 4.78 is 2.32. The van der Waals surface area contributed by atoms with Gasteiger partial charge >= 0.3 is 0 Å². The van der Waals surface area contributed by atoms with Crippen LogP contribution in [0.25, 0.3) is 11.3 Å². The number of piperidine rings is 1. The first-order valence-electron chi connectivity index (χ1n) is 9.04. The molecule has 0 amide bonds. The molecule has 0 atom stereocenters. The number of hydrogen-bond donors (Lipinski definition) is 0. The summed E-state index contributed by atoms with van der Waals surface area (Å²) in [6.45, 7) is 2.09. The highest BCUT2D eigenvalue weighted by molar-refractivity contribution is 7.14. The van der Waals surface area contributed by atoms with E-state index in [1.807, 2.05) is 12.4 Å². The summed E-state index contributed by atoms with van der Waals surface area (Å²) in [7, 11) is 0. The third-order valence-electron chi connectivity index (χ3n) is 5.23. The van der Waals surface area contributed by atoms with Crippen LogP contribution in [0.15, 0.2) is 42.0 Å². The van der Waals surface area contributed by atoms with E-state index in [2.05, 4.69) is 49.3 Å². The molecule has 1 saturated heterocycles. The minimum atomic E-state index is 0.535. The third-order valence-corrected chi connectivity index (χ3v) is 6.13. The maximum absolute atomic E-state index is 4.86. The lowest BCUT2D eigenvalue weighted by molar-refractivity contribution is 0.465. The van der Waals surface area contributed by atoms with Crippen LogP contribution in [0.4, 0.5) is 5.13 Å². The SMILES string of the molecule is c1ccc(-c2csc(N3CCC(c4nncn4C4CC4)CC3)n2)cc1. The van der Waals surface area contributed by atoms with Crippen LogP contribution in [0.1, 0.15) is 43.5 Å². The molecule has 5 nitrogen and oxygen atoms in total. The van der Waals surface area contributed by atoms with Gasteiger partial charge in [0.05, 0.1) is 5.69 Å². The second-order valence-corrected chi connectivity index (χ2v) is 7.81. The Hall–Kier alpha value is -2.21. The molecule has 0 unspecified atom stereocenters. The molecule has 1 aliphatic heterocycles. The van der Waals surface area contributed by atoms with Crippen LogP contribution in [0, 0.1) is 0 Å². The molecule has 0 bridgehead atoms. The zero-order valence-corrected chi connectivity index (χ0v) is 14.9. The van der Waals surface area contributed by atoms with Crippen molar-refractivity contribution in [1.29, 1.82) is 0 Å². The Morgan fingerprint density at radius 3 is 2.56 bits per heavy atom. The Balaban J connectivity index is 1.27. The van der Waals surface area contributed by atoms with Gasteiger partial charge in [-0.2, -0.15) is 0 Å². The van der Waals surface area contributed by atoms with Crippen LogP contribution >= 0.6 is 11.3 Å². The van der Waals surface area contributed by atoms with Crippen molar-refractivity contribution in [2.75, 3.05) is 18.0 Å². The molecule has 1 aliphatic carbocycles. The maximum Gasteiger partial charge on any atom is 0.185 e. The summed E-state index contributed by atoms with van der Waals surface area (Å²) >= 11 is 1.75. The lowest BCUT2D eigenvalue weighted by atomic mass is 9.96. The summed E-state index contributed by atoms with van der Waals surface area (Å²) in [6, 6.07) is 11.1. The molecule has 2 fully saturated rings. The van der Waals surface area contributed by atoms with E-state index in [4.69, 9.17) is 4.98 Å². The lowest BCUT2D eigenvalue weighted by Crippen LogP contribution is -2.33. The lowest BCUT2D eigenvalue weighted by Gasteiger charge is -2.31. The summed E-state index contributed by atoms with van der Waals surface area (Å²) in [4.78, 5) is 7.28. The molecule has 2 aliphatic rings. The van der Waals surface area contributed by atoms with E-state index in [0.717, 1.165) is 36.8 Å². The summed E-state index contributed by atoms with van der Waals surface area (Å²) in [6.07, 6.45) is 6.75. The van der Waals surface area contributed by atoms with Crippen molar-refractivity contribution >= 4 is 16.5 Å². The highest BCUT2D eigenvalue weighted by Crippen LogP contribution is 2.39. The Bertz CT molecular complexity index is 844. The Labute approximate surface area is 151 Å². The molecule has 3 heterocycles. The van der Waals surface area contributed by atoms with E-state index < -0.39 is 0 Å². The van der Waals surface area contributed by atoms with Gasteiger partial charge in [0.25, 0.3) is 0 Å². The van der Waals surface area contributed by atoms with Gasteiger partial charge in [-0.25, -0.2) is 4.98 Å². The molecule has 6 heteroatoms. The van der Waals surface area contributed by atoms with Gasteiger partial charge in [0.1, 0.15) is 12.2 Å². The zero-order valence-electron chi connectivity index (χ0n) is 14.1. The molecule has 1 saturated carbocycles. The molecule has 0 spiro atoms. The monoisotopic (exact) mass is 351 g/mol. The van der Waals surface area contributed by atoms with Crippen molar-refractivity contribution < 1.29 is 0 Å². The number of benzene rings is 1. The van der Waals surface area contributed by atoms with Gasteiger partial charge in [0, 0.05) is 36.0 Å². The smallest absolute Gasteiger partial charge is 0.185 e. The van der Waals surface area contributed by atoms with Crippen molar-refractivity contribution in [2.24, 2.45) is 0 Å². The summed E-state index contributed by atoms with van der Waals surface area (Å²) in [5.74, 6) is 1.74. The van der Waals surface area contributed by atoms with Crippen LogP contribution in [0.5, 0.6) is 0 Å². The fourth-order valence-electron chi connectivity index (χ4n) is 3.66. The first-order chi connectivity index (χ1) is 12.4. The number of aromatic nitrogens is 4. The van der Waals surface area contributed by atoms with Gasteiger partial charge in [-0.15, -0.1) is 21.5 Å². The van der Waals surface area contributed by atoms with Crippen molar-refractivity contribution in [3.05, 3.63) is 47.9 Å². The van der Waals surface area contributed by atoms with Crippen LogP contribution in [0.2, 0.25) is 0 Å². The Kier molecular flexibility index (Phi) is 3.77. The predicted molar refractivity (Wildman–Crippen MR) is 100 cm³/mol. The maximum atomic E-state index is 4.86. The van der Waals surface area contributed by atoms with E-state index in [-0.39, 0.29) is 0 Å². The fraction of sp³-hybridized carbons (Fsp3) is 0.421. The number of nitrogens with zero attached hydrogens (tertiary/aromatic N) is 5. The Morgan fingerprint density at radius 1 is 1.00 bits per heavy atom. The molecule has 2 aromatic heterocycles. The number of anilines is 1. The van der Waals surface area contributed by atoms with Gasteiger partial charge in [-0.3, -0.25) is 0 Å². The average molecular weight is 351 g/mol. The molecular formula is C19H21N5S. The Morgan fingerprint density at radius 2 is 1.80 bits per heavy atom. The molecule has 128 valence electrons. The predicted octanol–water partition coefficient (Wildman–Crippen LogP) is 4.12. The van der Waals surface area contributed by atoms with Crippen LogP contribution in [0.3, 0.4) is 0 Å². The van der Waals surface area contributed by atoms with Crippen molar-refractivity contribution in [1.82, 2.24) is 19.7 Å². The fourth-order valence-corrected chi connectivity index (χ4v) is 4.55. The molecule has 25 heavy (non-hydrogen) atoms. The first-order valence-corrected chi connectivity index (χ1v) is 9.92. The summed E-state index contributed by atoms with van der Waals surface area (Å²) in [5, 5.41) is 11.9. The average Bonchev–Trinajstić information content (AvgIpc) is 3.20. The highest BCUT2D eigenvalue weighted by Gasteiger charge is 2.31. The van der Waals surface area contributed by atoms with E-state index in [1.165, 1.54) is 24.2 Å². The van der Waals surface area contributed by atoms with Crippen molar-refractivity contribution in [2.45, 2.75) is 37.6 Å². The van der Waals surface area contributed by atoms with Gasteiger partial charge < -0.3 is 9.47 Å². The molecular weight excluding hydrogens is 330 g/mol. The second kappa shape index (κ2) is 6.26. The van der Waals surface area contributed by atoms with E-state index >= 15 is 0 Å². The quantitative estimate of drug-likeness (QED) is 0.709. The molecule has 0 radical (unpaired) electrons. The largest absolute Gasteiger partial charge is 0.348 e. The van der Waals surface area contributed by atoms with Gasteiger partial charge in [-0.05, 0) is 25.7 Å². The summed E-state index contributed by atoms with van der Waals surface area (Å²) in [5.41, 5.74) is 2.27. The van der Waals surface area contributed by atoms with Gasteiger partial charge in [0.2, 0.25) is 0 Å². The number of thiazole rings is 1. The molecule has 5 rings (SSSR count). The molecule has 3 aromatic rings. The van der Waals surface area contributed by atoms with E-state index in [9.17, 15) is 0 Å². The molecule has 1 aromatic carbocycles. The number of rotatable bonds is 4. The minimum absolute atomic E-state index is 0.535. The van der Waals surface area contributed by atoms with E-state index in [1.54, 1.807) is 11.3 Å². The highest BCUT2D eigenvalue weighted by atomic mass is 32.1. The third kappa shape index (κ3) is 2.95. The van der Waals surface area contributed by atoms with Crippen LogP contribution < -0.4 is 4.90 Å².